The van der Waals surface area contributed by atoms with Crippen LogP contribution < -0.4 is 5.43 Å². The number of carbonyl (C=O) groups is 1. The van der Waals surface area contributed by atoms with Gasteiger partial charge in [0.15, 0.2) is 0 Å². The Morgan fingerprint density at radius 2 is 2.29 bits per heavy atom. The van der Waals surface area contributed by atoms with Crippen molar-refractivity contribution >= 4 is 45.7 Å². The third kappa shape index (κ3) is 4.00. The predicted octanol–water partition coefficient (Wildman–Crippen LogP) is 2.96. The summed E-state index contributed by atoms with van der Waals surface area (Å²) in [7, 11) is 0. The molecule has 1 N–H and O–H groups in total. The summed E-state index contributed by atoms with van der Waals surface area (Å²) in [5.74, 6) is -0.851. The molecule has 0 aliphatic rings. The number of nitro groups is 1. The van der Waals surface area contributed by atoms with E-state index < -0.39 is 16.1 Å². The van der Waals surface area contributed by atoms with Crippen LogP contribution in [-0.4, -0.2) is 32.5 Å². The van der Waals surface area contributed by atoms with Crippen LogP contribution in [0.5, 0.6) is 0 Å². The van der Waals surface area contributed by atoms with Crippen LogP contribution in [0, 0.1) is 10.1 Å². The number of benzene rings is 1. The summed E-state index contributed by atoms with van der Waals surface area (Å²) in [6.45, 7) is 1.73. The van der Waals surface area contributed by atoms with Crippen molar-refractivity contribution in [2.45, 2.75) is 6.92 Å². The maximum atomic E-state index is 11.4. The van der Waals surface area contributed by atoms with Crippen molar-refractivity contribution in [2.24, 2.45) is 5.10 Å². The van der Waals surface area contributed by atoms with Gasteiger partial charge in [0, 0.05) is 18.5 Å². The van der Waals surface area contributed by atoms with Gasteiger partial charge in [-0.2, -0.15) is 10.2 Å². The third-order valence-corrected chi connectivity index (χ3v) is 3.27. The Hall–Kier alpha value is -2.65. The molecule has 1 heterocycles. The number of ether oxygens (including phenoxy) is 1. The predicted molar refractivity (Wildman–Crippen MR) is 88.8 cm³/mol. The number of hydrazone groups is 1. The molecule has 1 aromatic carbocycles. The van der Waals surface area contributed by atoms with Crippen molar-refractivity contribution in [2.75, 3.05) is 12.0 Å². The number of hydrogen-bond donors (Lipinski definition) is 1. The largest absolute Gasteiger partial charge is 0.461 e. The van der Waals surface area contributed by atoms with Gasteiger partial charge in [-0.3, -0.25) is 15.5 Å². The average molecular weight is 372 g/mol. The smallest absolute Gasteiger partial charge is 0.370 e. The second-order valence-electron chi connectivity index (χ2n) is 4.26. The highest BCUT2D eigenvalue weighted by Gasteiger charge is 2.19. The SMILES string of the molecule is CCOC(=O)/C(Cl)=N\Nc1cc(-n2cccn2)c(Cl)cc1[N+](=O)[O-]. The van der Waals surface area contributed by atoms with E-state index in [1.165, 1.54) is 16.9 Å². The lowest BCUT2D eigenvalue weighted by molar-refractivity contribution is -0.383. The van der Waals surface area contributed by atoms with E-state index in [2.05, 4.69) is 20.4 Å². The summed E-state index contributed by atoms with van der Waals surface area (Å²) >= 11 is 11.7. The summed E-state index contributed by atoms with van der Waals surface area (Å²) in [5, 5.41) is 18.4. The molecule has 1 aromatic heterocycles. The normalized spacial score (nSPS) is 11.2. The van der Waals surface area contributed by atoms with Gasteiger partial charge >= 0.3 is 5.97 Å². The summed E-state index contributed by atoms with van der Waals surface area (Å²) in [4.78, 5) is 21.9. The van der Waals surface area contributed by atoms with Crippen LogP contribution in [0.15, 0.2) is 35.7 Å². The number of nitrogens with one attached hydrogen (secondary N) is 1. The van der Waals surface area contributed by atoms with E-state index in [1.54, 1.807) is 19.2 Å². The molecule has 2 aromatic rings. The Kier molecular flexibility index (Phi) is 5.72. The number of halogens is 2. The molecular formula is C13H11Cl2N5O4. The number of nitrogens with zero attached hydrogens (tertiary/aromatic N) is 4. The molecule has 9 nitrogen and oxygen atoms in total. The zero-order valence-electron chi connectivity index (χ0n) is 12.3. The minimum atomic E-state index is -0.851. The maximum Gasteiger partial charge on any atom is 0.370 e. The Bertz CT molecular complexity index is 792. The molecule has 0 radical (unpaired) electrons. The first-order valence-corrected chi connectivity index (χ1v) is 7.34. The van der Waals surface area contributed by atoms with Gasteiger partial charge in [-0.15, -0.1) is 0 Å². The monoisotopic (exact) mass is 371 g/mol. The number of aromatic nitrogens is 2. The summed E-state index contributed by atoms with van der Waals surface area (Å²) in [5.41, 5.74) is 2.41. The van der Waals surface area contributed by atoms with E-state index in [0.717, 1.165) is 6.07 Å². The number of rotatable bonds is 6. The first kappa shape index (κ1) is 17.7. The van der Waals surface area contributed by atoms with Crippen LogP contribution >= 0.6 is 23.2 Å². The fourth-order valence-corrected chi connectivity index (χ4v) is 2.07. The highest BCUT2D eigenvalue weighted by molar-refractivity contribution is 6.82. The van der Waals surface area contributed by atoms with Crippen LogP contribution in [0.1, 0.15) is 6.92 Å². The molecule has 0 saturated heterocycles. The second kappa shape index (κ2) is 7.75. The number of carbonyl (C=O) groups excluding carboxylic acids is 1. The molecule has 0 spiro atoms. The van der Waals surface area contributed by atoms with Crippen molar-refractivity contribution in [1.82, 2.24) is 9.78 Å². The topological polar surface area (TPSA) is 112 Å². The lowest BCUT2D eigenvalue weighted by Crippen LogP contribution is -2.13. The zero-order chi connectivity index (χ0) is 17.7. The van der Waals surface area contributed by atoms with Gasteiger partial charge in [0.2, 0.25) is 5.17 Å². The summed E-state index contributed by atoms with van der Waals surface area (Å²) in [6, 6.07) is 4.18. The van der Waals surface area contributed by atoms with E-state index in [1.807, 2.05) is 0 Å². The van der Waals surface area contributed by atoms with E-state index in [4.69, 9.17) is 23.2 Å². The van der Waals surface area contributed by atoms with Crippen LogP contribution in [-0.2, 0) is 9.53 Å². The number of nitro benzene ring substituents is 1. The molecule has 0 aliphatic heterocycles. The van der Waals surface area contributed by atoms with Gasteiger partial charge in [0.25, 0.3) is 5.69 Å². The first-order chi connectivity index (χ1) is 11.4. The number of esters is 1. The van der Waals surface area contributed by atoms with Gasteiger partial charge in [0.1, 0.15) is 5.69 Å². The molecule has 0 bridgehead atoms. The van der Waals surface area contributed by atoms with E-state index in [9.17, 15) is 14.9 Å². The molecular weight excluding hydrogens is 361 g/mol. The Labute approximate surface area is 146 Å². The number of hydrogen-bond acceptors (Lipinski definition) is 7. The van der Waals surface area contributed by atoms with Crippen LogP contribution in [0.3, 0.4) is 0 Å². The fraction of sp³-hybridized carbons (Fsp3) is 0.154. The van der Waals surface area contributed by atoms with Crippen LogP contribution in [0.4, 0.5) is 11.4 Å². The minimum Gasteiger partial charge on any atom is -0.461 e. The van der Waals surface area contributed by atoms with Gasteiger partial charge in [-0.1, -0.05) is 23.2 Å². The van der Waals surface area contributed by atoms with Crippen molar-refractivity contribution < 1.29 is 14.5 Å². The summed E-state index contributed by atoms with van der Waals surface area (Å²) in [6.07, 6.45) is 3.15. The molecule has 0 fully saturated rings. The Morgan fingerprint density at radius 1 is 1.54 bits per heavy atom. The standard InChI is InChI=1S/C13H11Cl2N5O4/c1-2-24-13(21)12(15)18-17-9-7-10(19-5-3-4-16-19)8(14)6-11(9)20(22)23/h3-7,17H,2H2,1H3/b18-12+. The number of anilines is 1. The highest BCUT2D eigenvalue weighted by atomic mass is 35.5. The third-order valence-electron chi connectivity index (χ3n) is 2.73. The lowest BCUT2D eigenvalue weighted by Gasteiger charge is -2.09. The second-order valence-corrected chi connectivity index (χ2v) is 5.03. The Morgan fingerprint density at radius 3 is 2.88 bits per heavy atom. The van der Waals surface area contributed by atoms with Crippen LogP contribution in [0.25, 0.3) is 5.69 Å². The molecule has 11 heteroatoms. The van der Waals surface area contributed by atoms with Crippen molar-refractivity contribution in [3.8, 4) is 5.69 Å². The average Bonchev–Trinajstić information content (AvgIpc) is 3.07. The molecule has 2 rings (SSSR count). The van der Waals surface area contributed by atoms with E-state index >= 15 is 0 Å². The Balaban J connectivity index is 2.40. The molecule has 0 atom stereocenters. The molecule has 0 unspecified atom stereocenters. The maximum absolute atomic E-state index is 11.4. The highest BCUT2D eigenvalue weighted by Crippen LogP contribution is 2.33. The van der Waals surface area contributed by atoms with Crippen molar-refractivity contribution in [3.63, 3.8) is 0 Å². The van der Waals surface area contributed by atoms with Gasteiger partial charge < -0.3 is 4.74 Å². The van der Waals surface area contributed by atoms with Crippen LogP contribution in [0.2, 0.25) is 5.02 Å². The quantitative estimate of drug-likeness (QED) is 0.361. The first-order valence-electron chi connectivity index (χ1n) is 6.58. The molecule has 24 heavy (non-hydrogen) atoms. The van der Waals surface area contributed by atoms with Gasteiger partial charge in [-0.05, 0) is 19.1 Å². The van der Waals surface area contributed by atoms with E-state index in [-0.39, 0.29) is 23.0 Å². The summed E-state index contributed by atoms with van der Waals surface area (Å²) < 4.78 is 6.09. The van der Waals surface area contributed by atoms with Gasteiger partial charge in [-0.25, -0.2) is 9.48 Å². The molecule has 0 aliphatic carbocycles. The fourth-order valence-electron chi connectivity index (χ4n) is 1.72. The van der Waals surface area contributed by atoms with Crippen molar-refractivity contribution in [1.29, 1.82) is 0 Å². The minimum absolute atomic E-state index is 0.0163. The molecule has 0 amide bonds. The van der Waals surface area contributed by atoms with Crippen molar-refractivity contribution in [3.05, 3.63) is 45.7 Å². The van der Waals surface area contributed by atoms with Gasteiger partial charge in [0.05, 0.1) is 22.2 Å². The molecule has 126 valence electrons. The zero-order valence-corrected chi connectivity index (χ0v) is 13.8. The molecule has 0 saturated carbocycles. The lowest BCUT2D eigenvalue weighted by atomic mass is 10.2. The van der Waals surface area contributed by atoms with E-state index in [0.29, 0.717) is 5.69 Å².